The fraction of sp³-hybridized carbons (Fsp3) is 0.0833. The van der Waals surface area contributed by atoms with E-state index in [4.69, 9.17) is 0 Å². The highest BCUT2D eigenvalue weighted by Gasteiger charge is 2.48. The molecule has 0 saturated heterocycles. The Labute approximate surface area is 202 Å². The Balaban J connectivity index is 1.83. The molecule has 0 spiro atoms. The first kappa shape index (κ1) is 23.9. The number of rotatable bonds is 7. The summed E-state index contributed by atoms with van der Waals surface area (Å²) in [6.45, 7) is 1.30. The highest BCUT2D eigenvalue weighted by Crippen LogP contribution is 2.33. The molecule has 4 rings (SSSR count). The monoisotopic (exact) mass is 488 g/mol. The van der Waals surface area contributed by atoms with Crippen molar-refractivity contribution in [2.45, 2.75) is 13.0 Å². The number of carbonyl (C=O) groups is 4. The molecule has 1 aliphatic rings. The second kappa shape index (κ2) is 9.18. The first-order chi connectivity index (χ1) is 17.1. The molecule has 0 N–H and O–H groups in total. The fourth-order valence-corrected chi connectivity index (χ4v) is 3.86. The maximum absolute atomic E-state index is 13.6. The molecule has 0 aromatic heterocycles. The van der Waals surface area contributed by atoms with Crippen LogP contribution in [0.3, 0.4) is 0 Å². The van der Waals surface area contributed by atoms with E-state index in [2.05, 4.69) is 0 Å². The third-order valence-electron chi connectivity index (χ3n) is 5.62. The molecule has 3 amide bonds. The number of hydrogen-bond acceptors (Lipinski definition) is 8. The minimum atomic E-state index is -1.41. The van der Waals surface area contributed by atoms with Crippen molar-refractivity contribution in [1.82, 2.24) is 10.0 Å². The number of nitro groups is 2. The third kappa shape index (κ3) is 3.96. The summed E-state index contributed by atoms with van der Waals surface area (Å²) in [5.41, 5.74) is -1.70. The van der Waals surface area contributed by atoms with Gasteiger partial charge in [-0.2, -0.15) is 5.01 Å². The molecule has 12 heteroatoms. The molecule has 1 heterocycles. The predicted octanol–water partition coefficient (Wildman–Crippen LogP) is 3.43. The van der Waals surface area contributed by atoms with Crippen LogP contribution in [0.4, 0.5) is 11.4 Å². The largest absolute Gasteiger partial charge is 0.292 e. The number of non-ortho nitro benzene ring substituents is 1. The molecule has 180 valence electrons. The maximum atomic E-state index is 13.6. The number of amides is 3. The van der Waals surface area contributed by atoms with Gasteiger partial charge in [0.2, 0.25) is 0 Å². The van der Waals surface area contributed by atoms with Gasteiger partial charge in [0.1, 0.15) is 11.6 Å². The molecule has 3 aromatic rings. The summed E-state index contributed by atoms with van der Waals surface area (Å²) in [4.78, 5) is 74.4. The molecular formula is C24H16N4O8. The van der Waals surface area contributed by atoms with E-state index in [9.17, 15) is 39.4 Å². The van der Waals surface area contributed by atoms with Gasteiger partial charge in [0.05, 0.1) is 15.4 Å². The van der Waals surface area contributed by atoms with Crippen molar-refractivity contribution >= 4 is 34.9 Å². The zero-order valence-corrected chi connectivity index (χ0v) is 18.6. The SMILES string of the molecule is C[C@@H](C(=O)c1ccccc1)N(C(=O)c1ccc([N+](=O)[O-])cc1)N1C(=O)c2cccc([N+](=O)[O-])c2C1=O. The number of carbonyl (C=O) groups excluding carboxylic acids is 4. The Morgan fingerprint density at radius 2 is 1.44 bits per heavy atom. The lowest BCUT2D eigenvalue weighted by atomic mass is 10.0. The van der Waals surface area contributed by atoms with E-state index in [0.29, 0.717) is 10.0 Å². The Morgan fingerprint density at radius 1 is 0.806 bits per heavy atom. The molecule has 0 radical (unpaired) electrons. The third-order valence-corrected chi connectivity index (χ3v) is 5.62. The van der Waals surface area contributed by atoms with E-state index in [1.54, 1.807) is 18.2 Å². The van der Waals surface area contributed by atoms with Gasteiger partial charge in [0.25, 0.3) is 29.1 Å². The molecular weight excluding hydrogens is 472 g/mol. The summed E-state index contributed by atoms with van der Waals surface area (Å²) in [5, 5.41) is 23.5. The fourth-order valence-electron chi connectivity index (χ4n) is 3.86. The maximum Gasteiger partial charge on any atom is 0.287 e. The van der Waals surface area contributed by atoms with Gasteiger partial charge < -0.3 is 0 Å². The standard InChI is InChI=1S/C24H16N4O8/c1-14(21(29)15-6-3-2-4-7-15)25(22(30)16-10-12-17(13-11-16)27(33)34)26-23(31)18-8-5-9-19(28(35)36)20(18)24(26)32/h2-14H,1H3/t14-/m0/s1. The molecule has 36 heavy (non-hydrogen) atoms. The number of hydrazine groups is 1. The lowest BCUT2D eigenvalue weighted by Crippen LogP contribution is -2.56. The van der Waals surface area contributed by atoms with Crippen LogP contribution in [0.5, 0.6) is 0 Å². The smallest absolute Gasteiger partial charge is 0.287 e. The summed E-state index contributed by atoms with van der Waals surface area (Å²) in [5.74, 6) is -3.78. The van der Waals surface area contributed by atoms with E-state index >= 15 is 0 Å². The quantitative estimate of drug-likeness (QED) is 0.211. The van der Waals surface area contributed by atoms with Crippen molar-refractivity contribution in [3.63, 3.8) is 0 Å². The average molecular weight is 488 g/mol. The Morgan fingerprint density at radius 3 is 2.03 bits per heavy atom. The molecule has 1 atom stereocenters. The summed E-state index contributed by atoms with van der Waals surface area (Å²) in [6, 6.07) is 14.3. The van der Waals surface area contributed by atoms with Gasteiger partial charge in [-0.15, -0.1) is 0 Å². The number of nitro benzene ring substituents is 2. The van der Waals surface area contributed by atoms with Crippen molar-refractivity contribution < 1.29 is 29.0 Å². The molecule has 1 aliphatic heterocycles. The van der Waals surface area contributed by atoms with Crippen LogP contribution in [0, 0.1) is 20.2 Å². The lowest BCUT2D eigenvalue weighted by Gasteiger charge is -2.34. The van der Waals surface area contributed by atoms with Crippen LogP contribution in [-0.2, 0) is 0 Å². The van der Waals surface area contributed by atoms with Crippen molar-refractivity contribution in [3.05, 3.63) is 115 Å². The zero-order valence-electron chi connectivity index (χ0n) is 18.6. The van der Waals surface area contributed by atoms with Crippen LogP contribution in [0.2, 0.25) is 0 Å². The highest BCUT2D eigenvalue weighted by molar-refractivity contribution is 6.24. The van der Waals surface area contributed by atoms with Crippen LogP contribution in [-0.4, -0.2) is 49.4 Å². The van der Waals surface area contributed by atoms with Gasteiger partial charge in [0.15, 0.2) is 5.78 Å². The van der Waals surface area contributed by atoms with Crippen LogP contribution in [0.1, 0.15) is 48.4 Å². The van der Waals surface area contributed by atoms with E-state index in [0.717, 1.165) is 30.3 Å². The summed E-state index contributed by atoms with van der Waals surface area (Å²) < 4.78 is 0. The topological polar surface area (TPSA) is 161 Å². The van der Waals surface area contributed by atoms with Gasteiger partial charge in [0, 0.05) is 29.3 Å². The molecule has 3 aromatic carbocycles. The Bertz CT molecular complexity index is 1440. The molecule has 0 aliphatic carbocycles. The number of benzene rings is 3. The van der Waals surface area contributed by atoms with Gasteiger partial charge in [-0.3, -0.25) is 39.4 Å². The minimum absolute atomic E-state index is 0.153. The van der Waals surface area contributed by atoms with Crippen LogP contribution in [0.25, 0.3) is 0 Å². The van der Waals surface area contributed by atoms with Gasteiger partial charge in [-0.05, 0) is 25.1 Å². The molecule has 0 saturated carbocycles. The van der Waals surface area contributed by atoms with Crippen molar-refractivity contribution in [2.24, 2.45) is 0 Å². The number of ketones is 1. The van der Waals surface area contributed by atoms with Gasteiger partial charge in [-0.1, -0.05) is 36.4 Å². The van der Waals surface area contributed by atoms with Crippen LogP contribution in [0.15, 0.2) is 72.8 Å². The van der Waals surface area contributed by atoms with Crippen molar-refractivity contribution in [2.75, 3.05) is 0 Å². The van der Waals surface area contributed by atoms with Crippen LogP contribution < -0.4 is 0 Å². The normalized spacial score (nSPS) is 13.2. The first-order valence-electron chi connectivity index (χ1n) is 10.5. The van der Waals surface area contributed by atoms with E-state index in [1.165, 1.54) is 31.2 Å². The number of Topliss-reactive ketones (excluding diaryl/α,β-unsaturated/α-hetero) is 1. The van der Waals surface area contributed by atoms with Gasteiger partial charge >= 0.3 is 0 Å². The van der Waals surface area contributed by atoms with Crippen molar-refractivity contribution in [3.8, 4) is 0 Å². The molecule has 0 fully saturated rings. The van der Waals surface area contributed by atoms with Crippen LogP contribution >= 0.6 is 0 Å². The van der Waals surface area contributed by atoms with E-state index < -0.39 is 50.6 Å². The Hall–Kier alpha value is -5.26. The average Bonchev–Trinajstić information content (AvgIpc) is 3.14. The zero-order chi connectivity index (χ0) is 26.1. The molecule has 12 nitrogen and oxygen atoms in total. The molecule has 0 unspecified atom stereocenters. The van der Waals surface area contributed by atoms with E-state index in [1.807, 2.05) is 0 Å². The summed E-state index contributed by atoms with van der Waals surface area (Å²) in [6.07, 6.45) is 0. The summed E-state index contributed by atoms with van der Waals surface area (Å²) >= 11 is 0. The predicted molar refractivity (Wildman–Crippen MR) is 123 cm³/mol. The minimum Gasteiger partial charge on any atom is -0.292 e. The number of hydrogen-bond donors (Lipinski definition) is 0. The lowest BCUT2D eigenvalue weighted by molar-refractivity contribution is -0.385. The van der Waals surface area contributed by atoms with Crippen molar-refractivity contribution in [1.29, 1.82) is 0 Å². The number of fused-ring (bicyclic) bond motifs is 1. The van der Waals surface area contributed by atoms with E-state index in [-0.39, 0.29) is 22.4 Å². The number of imide groups is 1. The second-order valence-corrected chi connectivity index (χ2v) is 7.74. The number of nitrogens with zero attached hydrogens (tertiary/aromatic N) is 4. The molecule has 0 bridgehead atoms. The first-order valence-corrected chi connectivity index (χ1v) is 10.5. The second-order valence-electron chi connectivity index (χ2n) is 7.74. The summed E-state index contributed by atoms with van der Waals surface area (Å²) in [7, 11) is 0. The Kier molecular flexibility index (Phi) is 6.09. The highest BCUT2D eigenvalue weighted by atomic mass is 16.6. The van der Waals surface area contributed by atoms with Gasteiger partial charge in [-0.25, -0.2) is 5.01 Å².